The zero-order chi connectivity index (χ0) is 20.3. The van der Waals surface area contributed by atoms with Gasteiger partial charge in [0.1, 0.15) is 17.1 Å². The van der Waals surface area contributed by atoms with E-state index in [-0.39, 0.29) is 22.7 Å². The van der Waals surface area contributed by atoms with Crippen LogP contribution in [0.1, 0.15) is 53.1 Å². The predicted octanol–water partition coefficient (Wildman–Crippen LogP) is 4.18. The van der Waals surface area contributed by atoms with Gasteiger partial charge in [-0.05, 0) is 36.1 Å². The fourth-order valence-electron chi connectivity index (χ4n) is 2.73. The average molecular weight is 378 g/mol. The molecule has 2 N–H and O–H groups in total. The molecule has 144 valence electrons. The van der Waals surface area contributed by atoms with Gasteiger partial charge in [0.25, 0.3) is 11.8 Å². The highest BCUT2D eigenvalue weighted by Crippen LogP contribution is 2.29. The molecule has 0 saturated carbocycles. The number of anilines is 2. The normalized spacial score (nSPS) is 11.1. The van der Waals surface area contributed by atoms with E-state index in [1.165, 1.54) is 6.07 Å². The Kier molecular flexibility index (Phi) is 5.26. The maximum atomic E-state index is 12.7. The number of hydrogen-bond acceptors (Lipinski definition) is 5. The first-order chi connectivity index (χ1) is 13.2. The van der Waals surface area contributed by atoms with Crippen molar-refractivity contribution in [3.8, 4) is 0 Å². The van der Waals surface area contributed by atoms with E-state index in [4.69, 9.17) is 4.52 Å². The molecule has 0 aliphatic carbocycles. The smallest absolute Gasteiger partial charge is 0.275 e. The minimum atomic E-state index is -0.474. The molecule has 1 aromatic carbocycles. The van der Waals surface area contributed by atoms with Crippen molar-refractivity contribution in [3.05, 3.63) is 71.2 Å². The van der Waals surface area contributed by atoms with Gasteiger partial charge in [0.05, 0.1) is 0 Å². The molecule has 0 saturated heterocycles. The predicted molar refractivity (Wildman–Crippen MR) is 107 cm³/mol. The molecule has 3 aromatic rings. The molecule has 2 aromatic heterocycles. The Labute approximate surface area is 163 Å². The fourth-order valence-corrected chi connectivity index (χ4v) is 2.73. The number of benzene rings is 1. The minimum Gasteiger partial charge on any atom is -0.360 e. The first-order valence-electron chi connectivity index (χ1n) is 8.86. The lowest BCUT2D eigenvalue weighted by molar-refractivity contribution is 0.101. The van der Waals surface area contributed by atoms with Crippen LogP contribution in [0.25, 0.3) is 0 Å². The monoisotopic (exact) mass is 378 g/mol. The summed E-state index contributed by atoms with van der Waals surface area (Å²) in [6.45, 7) is 7.95. The summed E-state index contributed by atoms with van der Waals surface area (Å²) >= 11 is 0. The molecule has 0 spiro atoms. The number of aromatic nitrogens is 2. The van der Waals surface area contributed by atoms with Crippen LogP contribution < -0.4 is 10.6 Å². The van der Waals surface area contributed by atoms with Crippen molar-refractivity contribution in [2.24, 2.45) is 0 Å². The van der Waals surface area contributed by atoms with Crippen molar-refractivity contribution in [1.29, 1.82) is 0 Å². The molecule has 0 aliphatic heterocycles. The third-order valence-corrected chi connectivity index (χ3v) is 4.07. The van der Waals surface area contributed by atoms with Crippen molar-refractivity contribution >= 4 is 23.3 Å². The standard InChI is InChI=1S/C21H22N4O3/c1-13-12-18(25-28-13)24-20(27)17-11-7-10-16(22-17)19(26)23-15-9-6-5-8-14(15)21(2,3)4/h5-12H,1-4H3,(H,23,26)(H,24,25,27). The van der Waals surface area contributed by atoms with Crippen LogP contribution in [0.15, 0.2) is 53.1 Å². The molecule has 7 heteroatoms. The van der Waals surface area contributed by atoms with Crippen LogP contribution >= 0.6 is 0 Å². The Morgan fingerprint density at radius 2 is 1.57 bits per heavy atom. The summed E-state index contributed by atoms with van der Waals surface area (Å²) in [6, 6.07) is 13.9. The molecule has 0 unspecified atom stereocenters. The Morgan fingerprint density at radius 1 is 0.929 bits per heavy atom. The summed E-state index contributed by atoms with van der Waals surface area (Å²) in [5.41, 5.74) is 1.85. The topological polar surface area (TPSA) is 97.1 Å². The van der Waals surface area contributed by atoms with E-state index in [1.54, 1.807) is 25.1 Å². The van der Waals surface area contributed by atoms with Crippen LogP contribution in [-0.4, -0.2) is 22.0 Å². The zero-order valence-corrected chi connectivity index (χ0v) is 16.2. The molecule has 0 bridgehead atoms. The van der Waals surface area contributed by atoms with Crippen LogP contribution in [0, 0.1) is 6.92 Å². The first-order valence-corrected chi connectivity index (χ1v) is 8.86. The van der Waals surface area contributed by atoms with Gasteiger partial charge in [0.15, 0.2) is 5.82 Å². The molecule has 7 nitrogen and oxygen atoms in total. The van der Waals surface area contributed by atoms with E-state index in [2.05, 4.69) is 41.5 Å². The lowest BCUT2D eigenvalue weighted by Gasteiger charge is -2.22. The second kappa shape index (κ2) is 7.64. The molecule has 2 heterocycles. The van der Waals surface area contributed by atoms with Crippen LogP contribution in [0.5, 0.6) is 0 Å². The summed E-state index contributed by atoms with van der Waals surface area (Å²) in [5, 5.41) is 9.19. The van der Waals surface area contributed by atoms with E-state index in [0.29, 0.717) is 11.6 Å². The van der Waals surface area contributed by atoms with Gasteiger partial charge < -0.3 is 15.2 Å². The third kappa shape index (κ3) is 4.43. The molecular formula is C21H22N4O3. The van der Waals surface area contributed by atoms with Gasteiger partial charge in [-0.1, -0.05) is 50.2 Å². The SMILES string of the molecule is Cc1cc(NC(=O)c2cccc(C(=O)Nc3ccccc3C(C)(C)C)n2)no1. The summed E-state index contributed by atoms with van der Waals surface area (Å²) < 4.78 is 4.92. The number of nitrogens with zero attached hydrogens (tertiary/aromatic N) is 2. The number of carbonyl (C=O) groups is 2. The van der Waals surface area contributed by atoms with E-state index in [0.717, 1.165) is 11.3 Å². The summed E-state index contributed by atoms with van der Waals surface area (Å²) in [6.07, 6.45) is 0. The maximum absolute atomic E-state index is 12.7. The second-order valence-electron chi connectivity index (χ2n) is 7.43. The molecule has 0 atom stereocenters. The average Bonchev–Trinajstić information content (AvgIpc) is 3.06. The number of para-hydroxylation sites is 1. The lowest BCUT2D eigenvalue weighted by atomic mass is 9.86. The number of pyridine rings is 1. The molecule has 0 radical (unpaired) electrons. The summed E-state index contributed by atoms with van der Waals surface area (Å²) in [5.74, 6) is 0.00818. The van der Waals surface area contributed by atoms with Gasteiger partial charge >= 0.3 is 0 Å². The molecule has 3 rings (SSSR count). The van der Waals surface area contributed by atoms with Crippen LogP contribution in [0.4, 0.5) is 11.5 Å². The Balaban J connectivity index is 1.79. The van der Waals surface area contributed by atoms with E-state index in [9.17, 15) is 9.59 Å². The van der Waals surface area contributed by atoms with Crippen molar-refractivity contribution in [1.82, 2.24) is 10.1 Å². The van der Waals surface area contributed by atoms with E-state index in [1.807, 2.05) is 24.3 Å². The van der Waals surface area contributed by atoms with Gasteiger partial charge in [0.2, 0.25) is 0 Å². The van der Waals surface area contributed by atoms with Gasteiger partial charge in [-0.25, -0.2) is 4.98 Å². The van der Waals surface area contributed by atoms with Gasteiger partial charge in [-0.2, -0.15) is 0 Å². The number of hydrogen-bond donors (Lipinski definition) is 2. The molecule has 2 amide bonds. The number of nitrogens with one attached hydrogen (secondary N) is 2. The number of rotatable bonds is 4. The minimum absolute atomic E-state index is 0.109. The van der Waals surface area contributed by atoms with Gasteiger partial charge in [-0.3, -0.25) is 9.59 Å². The van der Waals surface area contributed by atoms with Crippen molar-refractivity contribution < 1.29 is 14.1 Å². The number of aryl methyl sites for hydroxylation is 1. The van der Waals surface area contributed by atoms with Crippen LogP contribution in [0.2, 0.25) is 0 Å². The Morgan fingerprint density at radius 3 is 2.18 bits per heavy atom. The van der Waals surface area contributed by atoms with E-state index >= 15 is 0 Å². The maximum Gasteiger partial charge on any atom is 0.275 e. The lowest BCUT2D eigenvalue weighted by Crippen LogP contribution is -2.21. The Bertz CT molecular complexity index is 1020. The summed E-state index contributed by atoms with van der Waals surface area (Å²) in [4.78, 5) is 29.2. The highest BCUT2D eigenvalue weighted by molar-refractivity contribution is 6.06. The largest absolute Gasteiger partial charge is 0.360 e. The first kappa shape index (κ1) is 19.3. The zero-order valence-electron chi connectivity index (χ0n) is 16.2. The van der Waals surface area contributed by atoms with Crippen LogP contribution in [-0.2, 0) is 5.41 Å². The quantitative estimate of drug-likeness (QED) is 0.710. The van der Waals surface area contributed by atoms with Crippen molar-refractivity contribution in [2.45, 2.75) is 33.1 Å². The van der Waals surface area contributed by atoms with Crippen molar-refractivity contribution in [2.75, 3.05) is 10.6 Å². The van der Waals surface area contributed by atoms with Gasteiger partial charge in [-0.15, -0.1) is 0 Å². The fraction of sp³-hybridized carbons (Fsp3) is 0.238. The molecule has 0 aliphatic rings. The van der Waals surface area contributed by atoms with Crippen LogP contribution in [0.3, 0.4) is 0 Å². The molecule has 28 heavy (non-hydrogen) atoms. The Hall–Kier alpha value is -3.48. The number of amides is 2. The second-order valence-corrected chi connectivity index (χ2v) is 7.43. The summed E-state index contributed by atoms with van der Waals surface area (Å²) in [7, 11) is 0. The number of carbonyl (C=O) groups excluding carboxylic acids is 2. The molecule has 0 fully saturated rings. The van der Waals surface area contributed by atoms with Gasteiger partial charge in [0, 0.05) is 11.8 Å². The third-order valence-electron chi connectivity index (χ3n) is 4.07. The van der Waals surface area contributed by atoms with E-state index < -0.39 is 5.91 Å². The highest BCUT2D eigenvalue weighted by Gasteiger charge is 2.20. The highest BCUT2D eigenvalue weighted by atomic mass is 16.5. The van der Waals surface area contributed by atoms with Crippen molar-refractivity contribution in [3.63, 3.8) is 0 Å². The molecular weight excluding hydrogens is 356 g/mol.